The lowest BCUT2D eigenvalue weighted by Gasteiger charge is -2.31. The van der Waals surface area contributed by atoms with Gasteiger partial charge in [0.2, 0.25) is 0 Å². The van der Waals surface area contributed by atoms with Gasteiger partial charge in [-0.05, 0) is 27.7 Å². The number of hydrogen-bond acceptors (Lipinski definition) is 1. The highest BCUT2D eigenvalue weighted by Gasteiger charge is 2.28. The van der Waals surface area contributed by atoms with Gasteiger partial charge in [-0.25, -0.2) is 0 Å². The molecule has 100 valence electrons. The van der Waals surface area contributed by atoms with Crippen LogP contribution in [0.2, 0.25) is 0 Å². The third-order valence-electron chi connectivity index (χ3n) is 3.81. The summed E-state index contributed by atoms with van der Waals surface area (Å²) in [5.74, 6) is 0.172. The summed E-state index contributed by atoms with van der Waals surface area (Å²) in [5.41, 5.74) is 0. The zero-order valence-corrected chi connectivity index (χ0v) is 11.8. The third-order valence-corrected chi connectivity index (χ3v) is 3.81. The van der Waals surface area contributed by atoms with Crippen LogP contribution in [-0.2, 0) is 4.79 Å². The first-order chi connectivity index (χ1) is 8.04. The number of quaternary nitrogens is 2. The van der Waals surface area contributed by atoms with Gasteiger partial charge in [-0.2, -0.15) is 0 Å². The van der Waals surface area contributed by atoms with Crippen LogP contribution in [0.3, 0.4) is 0 Å². The van der Waals surface area contributed by atoms with Crippen LogP contribution in [0.1, 0.15) is 40.5 Å². The average Bonchev–Trinajstić information content (AvgIpc) is 2.30. The summed E-state index contributed by atoms with van der Waals surface area (Å²) in [4.78, 5) is 13.4. The largest absolute Gasteiger partial charge is 0.351 e. The molecule has 1 heterocycles. The summed E-state index contributed by atoms with van der Waals surface area (Å²) in [7, 11) is 0. The number of piperidine rings is 1. The van der Waals surface area contributed by atoms with E-state index in [2.05, 4.69) is 24.5 Å². The fraction of sp³-hybridized carbons (Fsp3) is 0.923. The number of rotatable bonds is 5. The molecule has 0 unspecified atom stereocenters. The maximum atomic E-state index is 11.6. The maximum Gasteiger partial charge on any atom is 0.277 e. The van der Waals surface area contributed by atoms with E-state index in [0.29, 0.717) is 6.04 Å². The first-order valence-corrected chi connectivity index (χ1v) is 7.01. The Kier molecular flexibility index (Phi) is 5.92. The summed E-state index contributed by atoms with van der Waals surface area (Å²) >= 11 is 0. The monoisotopic (exact) mass is 243 g/mol. The van der Waals surface area contributed by atoms with E-state index in [1.54, 1.807) is 4.90 Å². The third kappa shape index (κ3) is 4.64. The molecule has 4 heteroatoms. The Bertz CT molecular complexity index is 235. The van der Waals surface area contributed by atoms with Crippen molar-refractivity contribution >= 4 is 5.91 Å². The second-order valence-electron chi connectivity index (χ2n) is 5.53. The highest BCUT2D eigenvalue weighted by Crippen LogP contribution is 1.95. The SMILES string of the molecule is CCNC(=O)[C@@H](C)[NH2+]C1CC[NH+](C(C)C)CC1. The quantitative estimate of drug-likeness (QED) is 0.542. The molecule has 0 saturated carbocycles. The van der Waals surface area contributed by atoms with Crippen molar-refractivity contribution < 1.29 is 15.0 Å². The predicted molar refractivity (Wildman–Crippen MR) is 68.9 cm³/mol. The molecule has 0 aromatic heterocycles. The van der Waals surface area contributed by atoms with E-state index in [4.69, 9.17) is 0 Å². The number of hydrogen-bond donors (Lipinski definition) is 3. The van der Waals surface area contributed by atoms with Gasteiger partial charge in [0.05, 0.1) is 25.2 Å². The normalized spacial score (nSPS) is 26.9. The van der Waals surface area contributed by atoms with Crippen molar-refractivity contribution in [3.05, 3.63) is 0 Å². The van der Waals surface area contributed by atoms with Gasteiger partial charge in [0.1, 0.15) is 0 Å². The topological polar surface area (TPSA) is 50.1 Å². The molecule has 4 N–H and O–H groups in total. The van der Waals surface area contributed by atoms with Crippen LogP contribution >= 0.6 is 0 Å². The van der Waals surface area contributed by atoms with Crippen LogP contribution in [0.4, 0.5) is 0 Å². The number of nitrogens with one attached hydrogen (secondary N) is 2. The molecular weight excluding hydrogens is 214 g/mol. The molecule has 1 fully saturated rings. The fourth-order valence-electron chi connectivity index (χ4n) is 2.61. The van der Waals surface area contributed by atoms with Crippen molar-refractivity contribution in [2.45, 2.75) is 58.7 Å². The van der Waals surface area contributed by atoms with Crippen LogP contribution < -0.4 is 15.5 Å². The molecule has 0 aromatic rings. The highest BCUT2D eigenvalue weighted by atomic mass is 16.2. The Balaban J connectivity index is 2.28. The number of carbonyl (C=O) groups is 1. The van der Waals surface area contributed by atoms with E-state index in [0.717, 1.165) is 12.6 Å². The standard InChI is InChI=1S/C13H27N3O/c1-5-14-13(17)11(4)15-12-6-8-16(9-7-12)10(2)3/h10-12,15H,5-9H2,1-4H3,(H,14,17)/p+2/t11-/m1/s1. The zero-order valence-electron chi connectivity index (χ0n) is 11.8. The van der Waals surface area contributed by atoms with Gasteiger partial charge in [-0.3, -0.25) is 4.79 Å². The number of carbonyl (C=O) groups excluding carboxylic acids is 1. The molecule has 0 bridgehead atoms. The molecule has 1 saturated heterocycles. The van der Waals surface area contributed by atoms with Gasteiger partial charge in [-0.15, -0.1) is 0 Å². The van der Waals surface area contributed by atoms with Gasteiger partial charge in [-0.1, -0.05) is 0 Å². The van der Waals surface area contributed by atoms with Crippen molar-refractivity contribution in [3.8, 4) is 0 Å². The Labute approximate surface area is 105 Å². The van der Waals surface area contributed by atoms with Gasteiger partial charge < -0.3 is 15.5 Å². The Morgan fingerprint density at radius 3 is 2.41 bits per heavy atom. The molecule has 17 heavy (non-hydrogen) atoms. The zero-order chi connectivity index (χ0) is 12.8. The van der Waals surface area contributed by atoms with E-state index < -0.39 is 0 Å². The first kappa shape index (κ1) is 14.5. The van der Waals surface area contributed by atoms with Crippen LogP contribution in [0, 0.1) is 0 Å². The highest BCUT2D eigenvalue weighted by molar-refractivity contribution is 5.79. The lowest BCUT2D eigenvalue weighted by molar-refractivity contribution is -0.933. The lowest BCUT2D eigenvalue weighted by Crippen LogP contribution is -3.17. The van der Waals surface area contributed by atoms with Gasteiger partial charge >= 0.3 is 0 Å². The second kappa shape index (κ2) is 6.97. The van der Waals surface area contributed by atoms with Gasteiger partial charge in [0, 0.05) is 19.4 Å². The second-order valence-corrected chi connectivity index (χ2v) is 5.53. The number of likely N-dealkylation sites (tertiary alicyclic amines) is 1. The van der Waals surface area contributed by atoms with Gasteiger partial charge in [0.15, 0.2) is 6.04 Å². The van der Waals surface area contributed by atoms with E-state index in [9.17, 15) is 4.79 Å². The molecule has 0 aliphatic carbocycles. The molecule has 1 amide bonds. The first-order valence-electron chi connectivity index (χ1n) is 7.01. The summed E-state index contributed by atoms with van der Waals surface area (Å²) in [5, 5.41) is 5.14. The average molecular weight is 243 g/mol. The van der Waals surface area contributed by atoms with Gasteiger partial charge in [0.25, 0.3) is 5.91 Å². The van der Waals surface area contributed by atoms with E-state index in [1.807, 2.05) is 13.8 Å². The number of amides is 1. The van der Waals surface area contributed by atoms with Crippen molar-refractivity contribution in [3.63, 3.8) is 0 Å². The minimum Gasteiger partial charge on any atom is -0.351 e. The summed E-state index contributed by atoms with van der Waals surface area (Å²) in [6.45, 7) is 11.8. The fourth-order valence-corrected chi connectivity index (χ4v) is 2.61. The molecule has 0 radical (unpaired) electrons. The molecule has 4 nitrogen and oxygen atoms in total. The number of nitrogens with two attached hydrogens (primary N) is 1. The van der Waals surface area contributed by atoms with Crippen molar-refractivity contribution in [2.75, 3.05) is 19.6 Å². The smallest absolute Gasteiger partial charge is 0.277 e. The molecule has 1 rings (SSSR count). The van der Waals surface area contributed by atoms with Crippen molar-refractivity contribution in [2.24, 2.45) is 0 Å². The summed E-state index contributed by atoms with van der Waals surface area (Å²) in [6, 6.07) is 1.42. The minimum atomic E-state index is 0.0561. The molecule has 0 spiro atoms. The lowest BCUT2D eigenvalue weighted by atomic mass is 10.0. The van der Waals surface area contributed by atoms with Crippen LogP contribution in [0.5, 0.6) is 0 Å². The predicted octanol–water partition coefficient (Wildman–Crippen LogP) is -1.47. The van der Waals surface area contributed by atoms with Crippen LogP contribution in [0.15, 0.2) is 0 Å². The van der Waals surface area contributed by atoms with E-state index in [-0.39, 0.29) is 11.9 Å². The maximum absolute atomic E-state index is 11.6. The Morgan fingerprint density at radius 2 is 1.94 bits per heavy atom. The molecular formula is C13H29N3O+2. The van der Waals surface area contributed by atoms with Crippen LogP contribution in [-0.4, -0.2) is 43.7 Å². The minimum absolute atomic E-state index is 0.0561. The Hall–Kier alpha value is -0.610. The van der Waals surface area contributed by atoms with Crippen molar-refractivity contribution in [1.82, 2.24) is 5.32 Å². The van der Waals surface area contributed by atoms with E-state index >= 15 is 0 Å². The van der Waals surface area contributed by atoms with E-state index in [1.165, 1.54) is 25.9 Å². The van der Waals surface area contributed by atoms with Crippen molar-refractivity contribution in [1.29, 1.82) is 0 Å². The molecule has 1 atom stereocenters. The summed E-state index contributed by atoms with van der Waals surface area (Å²) in [6.07, 6.45) is 2.47. The molecule has 0 aromatic carbocycles. The van der Waals surface area contributed by atoms with Crippen LogP contribution in [0.25, 0.3) is 0 Å². The molecule has 1 aliphatic rings. The summed E-state index contributed by atoms with van der Waals surface area (Å²) < 4.78 is 0. The number of likely N-dealkylation sites (N-methyl/N-ethyl adjacent to an activating group) is 1. The Morgan fingerprint density at radius 1 is 1.35 bits per heavy atom. The molecule has 1 aliphatic heterocycles.